The number of carbonyl (C=O) groups excluding carboxylic acids is 3. The molecule has 19 N–H and O–H groups in total. The Morgan fingerprint density at radius 1 is 0.724 bits per heavy atom. The molecule has 1 atom stereocenters. The fourth-order valence-electron chi connectivity index (χ4n) is 4.27. The van der Waals surface area contributed by atoms with Gasteiger partial charge in [-0.2, -0.15) is 8.78 Å². The third-order valence-electron chi connectivity index (χ3n) is 8.26. The van der Waals surface area contributed by atoms with Crippen molar-refractivity contribution < 1.29 is 139 Å². The third kappa shape index (κ3) is 63.6. The van der Waals surface area contributed by atoms with Crippen molar-refractivity contribution in [2.75, 3.05) is 61.6 Å². The molecule has 6 aromatic rings. The van der Waals surface area contributed by atoms with Crippen molar-refractivity contribution in [3.63, 3.8) is 0 Å². The largest absolute Gasteiger partial charge is 1.00 e. The molecule has 31 nitrogen and oxygen atoms in total. The van der Waals surface area contributed by atoms with E-state index in [1.807, 2.05) is 18.0 Å². The standard InChI is InChI=1S/C10H15N.C9H12FN3O2.C6H9FO3.C5H4FN3O2.C4HCl2FN2.C4H3ClFN3.C4H3FN2O2.C4H10O.C2H5O.CH4N2.2CH4.Cl3OP.ClH.Li.H3N.Na.2H2O/c1-3-11(4-2)10-8-6-5-7-9-10;1-2-3-4-15-9(14)7-6(10)8(11)13-5-12-7;1-3-10-6(9)5(7)4(2)8;6-2-3(5(10)11)8-1-9-4(2)7;5-3-2(7)4(6)9-1-8-3;5-3-2(6)4(7)9-1-8-3;5-2-3(8)6-1-7-4(2)9;1-2-3-4-5;1-2-3;2-1-3;;;1-5(2,3)4;;;;;;/h5-9H,3-4H2,1-2H3;5H,2-4H2,1H3,(H2,11,12,13);5H,3H2,1-2H3;1H,(H,10,11)(H2,7,8,9);1H;1H,(H2,7,8,9);1H,(H2,6,7,8,9);5H,2-4H2,1H3;2H2,1H3;1H,(H3,2,3);2*1H4;;1H;;1H3;;2*1H2/q;;;;;;;;-1;;;;;;+1;;+1;;/p-1. The molecule has 0 bridgehead atoms. The van der Waals surface area contributed by atoms with E-state index < -0.39 is 92.8 Å². The average Bonchev–Trinajstić information content (AvgIpc) is 0.892. The van der Waals surface area contributed by atoms with Crippen molar-refractivity contribution in [3.05, 3.63) is 128 Å². The number of halogens is 13. The smallest absolute Gasteiger partial charge is 0.870 e. The summed E-state index contributed by atoms with van der Waals surface area (Å²) < 4.78 is 93.4. The van der Waals surface area contributed by atoms with Crippen LogP contribution in [-0.2, 0) is 23.6 Å². The van der Waals surface area contributed by atoms with Crippen LogP contribution in [0, 0.1) is 34.5 Å². The van der Waals surface area contributed by atoms with Crippen LogP contribution in [0.3, 0.4) is 0 Å². The second-order valence-corrected chi connectivity index (χ2v) is 22.5. The number of alkyl halides is 1. The number of carboxylic acid groups (broad SMARTS) is 1. The van der Waals surface area contributed by atoms with Gasteiger partial charge in [-0.1, -0.05) is 101 Å². The quantitative estimate of drug-likeness (QED) is 0.00904. The zero-order valence-corrected chi connectivity index (χ0v) is 61.1. The second kappa shape index (κ2) is 75.4. The monoisotopic (exact) mass is 1580 g/mol. The molecule has 0 amide bonds. The second-order valence-electron chi connectivity index (χ2n) is 14.8. The van der Waals surface area contributed by atoms with Crippen molar-refractivity contribution in [2.45, 2.75) is 95.2 Å². The summed E-state index contributed by atoms with van der Waals surface area (Å²) in [6, 6.07) is 10.5. The molecule has 0 radical (unpaired) electrons. The van der Waals surface area contributed by atoms with Crippen LogP contribution in [0.5, 0.6) is 5.88 Å². The Kier molecular flexibility index (Phi) is 94.1. The number of carbonyl (C=O) groups is 4. The minimum absolute atomic E-state index is 0. The van der Waals surface area contributed by atoms with Gasteiger partial charge in [-0.3, -0.25) is 19.6 Å². The van der Waals surface area contributed by atoms with Gasteiger partial charge in [0.15, 0.2) is 67.5 Å². The molecule has 0 aliphatic rings. The van der Waals surface area contributed by atoms with Crippen LogP contribution in [0.25, 0.3) is 0 Å². The molecule has 98 heavy (non-hydrogen) atoms. The molecule has 0 aliphatic heterocycles. The Bertz CT molecular complexity index is 3030. The Morgan fingerprint density at radius 3 is 1.39 bits per heavy atom. The minimum atomic E-state index is -3.22. The van der Waals surface area contributed by atoms with E-state index in [1.54, 1.807) is 13.8 Å². The van der Waals surface area contributed by atoms with E-state index in [-0.39, 0.29) is 140 Å². The number of aromatic amines is 1. The van der Waals surface area contributed by atoms with E-state index in [4.69, 9.17) is 82.6 Å². The number of carboxylic acids is 1. The number of benzene rings is 1. The molecule has 1 aromatic carbocycles. The molecule has 0 aliphatic carbocycles. The van der Waals surface area contributed by atoms with Crippen LogP contribution in [0.2, 0.25) is 15.5 Å². The maximum Gasteiger partial charge on any atom is 1.00 e. The number of unbranched alkanes of at least 4 members (excludes halogenated alkanes) is 2. The molecule has 47 heteroatoms. The predicted octanol–water partition coefficient (Wildman–Crippen LogP) is 3.82. The number of aromatic carboxylic acids is 1. The number of aliphatic hydroxyl groups excluding tert-OH is 1. The predicted molar refractivity (Wildman–Crippen MR) is 359 cm³/mol. The maximum absolute atomic E-state index is 13.2. The van der Waals surface area contributed by atoms with Gasteiger partial charge in [-0.05, 0) is 86.4 Å². The molecule has 0 spiro atoms. The zero-order valence-electron chi connectivity index (χ0n) is 52.8. The number of aromatic nitrogens is 10. The van der Waals surface area contributed by atoms with E-state index in [9.17, 15) is 54.9 Å². The van der Waals surface area contributed by atoms with Gasteiger partial charge < -0.3 is 79.8 Å². The van der Waals surface area contributed by atoms with Gasteiger partial charge >= 0.3 is 71.5 Å². The fraction of sp³-hybridized carbons (Fsp3) is 0.392. The number of hydrogen-bond donors (Lipinski definition) is 10. The Labute approximate surface area is 632 Å². The summed E-state index contributed by atoms with van der Waals surface area (Å²) in [7, 11) is 0. The van der Waals surface area contributed by atoms with E-state index >= 15 is 0 Å². The van der Waals surface area contributed by atoms with Gasteiger partial charge in [0.2, 0.25) is 11.6 Å². The first-order valence-electron chi connectivity index (χ1n) is 24.9. The van der Waals surface area contributed by atoms with E-state index in [2.05, 4.69) is 139 Å². The van der Waals surface area contributed by atoms with Gasteiger partial charge in [-0.25, -0.2) is 76.8 Å². The molecule has 1 unspecified atom stereocenters. The van der Waals surface area contributed by atoms with Gasteiger partial charge in [0.25, 0.3) is 17.6 Å². The first-order valence-corrected chi connectivity index (χ1v) is 30.5. The average molecular weight is 1580 g/mol. The number of H-pyrrole nitrogens is 1. The molecular weight excluding hydrogens is 1500 g/mol. The topological polar surface area (TPSA) is 564 Å². The number of hydrogen-bond acceptors (Lipinski definition) is 27. The Balaban J connectivity index is -0.0000000748. The van der Waals surface area contributed by atoms with Crippen molar-refractivity contribution in [2.24, 2.45) is 5.73 Å². The minimum Gasteiger partial charge on any atom is -0.870 e. The number of nitrogens with two attached hydrogens (primary N) is 4. The number of ether oxygens (including phenoxy) is 2. The number of ketones is 1. The van der Waals surface area contributed by atoms with Crippen LogP contribution in [-0.4, -0.2) is 152 Å². The normalized spacial score (nSPS) is 8.91. The van der Waals surface area contributed by atoms with Crippen molar-refractivity contribution >= 4 is 139 Å². The first kappa shape index (κ1) is 122. The number of rotatable bonds is 13. The maximum atomic E-state index is 13.2. The van der Waals surface area contributed by atoms with Gasteiger partial charge in [-0.15, -0.1) is 19.0 Å². The number of para-hydroxylation sites is 1. The zero-order chi connectivity index (χ0) is 70.5. The van der Waals surface area contributed by atoms with Gasteiger partial charge in [0.1, 0.15) is 25.3 Å². The number of Topliss-reactive ketones (excluding diaryl/α,β-unsaturated/α-hetero) is 1. The number of anilines is 4. The van der Waals surface area contributed by atoms with Gasteiger partial charge in [0.05, 0.1) is 25.9 Å². The van der Waals surface area contributed by atoms with Crippen LogP contribution >= 0.6 is 86.1 Å². The molecule has 6 rings (SSSR count). The third-order valence-corrected chi connectivity index (χ3v) is 9.05. The van der Waals surface area contributed by atoms with Crippen molar-refractivity contribution in [1.29, 1.82) is 5.41 Å². The Morgan fingerprint density at radius 2 is 1.09 bits per heavy atom. The summed E-state index contributed by atoms with van der Waals surface area (Å²) >= 11 is 29.5. The van der Waals surface area contributed by atoms with Crippen LogP contribution in [0.15, 0.2) is 66.8 Å². The Hall–Kier alpha value is -5.79. The summed E-state index contributed by atoms with van der Waals surface area (Å²) in [5.74, 6) is -10.9. The number of aliphatic hydroxyl groups is 1. The summed E-state index contributed by atoms with van der Waals surface area (Å²) in [6.45, 7) is 15.3. The van der Waals surface area contributed by atoms with Crippen LogP contribution in [0.1, 0.15) is 110 Å². The fourth-order valence-corrected chi connectivity index (χ4v) is 4.72. The molecule has 0 fully saturated rings. The number of nitrogens with zero attached hydrogens (tertiary/aromatic N) is 10. The molecular formula is C51H81Cl7F6LiN17NaO14P. The molecule has 0 saturated heterocycles. The van der Waals surface area contributed by atoms with Crippen molar-refractivity contribution in [3.8, 4) is 5.88 Å². The van der Waals surface area contributed by atoms with Crippen LogP contribution in [0.4, 0.5) is 49.5 Å². The van der Waals surface area contributed by atoms with E-state index in [1.165, 1.54) is 5.69 Å². The van der Waals surface area contributed by atoms with Gasteiger partial charge in [0, 0.05) is 25.4 Å². The number of nitrogens with one attached hydrogen (secondary N) is 2. The number of nitrogen functional groups attached to an aromatic ring is 3. The summed E-state index contributed by atoms with van der Waals surface area (Å²) in [4.78, 5) is 86.2. The molecule has 0 saturated carbocycles. The number of esters is 2. The molecule has 552 valence electrons. The van der Waals surface area contributed by atoms with Crippen LogP contribution < -0.4 is 93.1 Å². The van der Waals surface area contributed by atoms with E-state index in [0.717, 1.165) is 83.7 Å². The SMILES string of the molecule is C.C.CCCCO.CCCCOC(=O)c1ncnc(N)c1F.CCN(CC)c1ccccc1.CCOC(=O)C(F)C(C)=O.CC[O-].Cl.Fc1c(Cl)ncnc1Cl.N.N=CN.Nc1ncnc(C(=O)O)c1F.Nc1ncnc(Cl)c1F.O.O=P(Cl)(Cl)Cl.O=c1[nH]cnc(O)c1F.[Li+].[Na+].[OH-]. The molecule has 5 heterocycles. The molecule has 5 aromatic heterocycles. The summed E-state index contributed by atoms with van der Waals surface area (Å²) in [5.41, 5.74) is 18.8. The number of aromatic hydroxyl groups is 1. The first-order chi connectivity index (χ1) is 42.2. The van der Waals surface area contributed by atoms with E-state index in [0.29, 0.717) is 6.61 Å². The summed E-state index contributed by atoms with van der Waals surface area (Å²) in [5, 5.41) is 35.6. The van der Waals surface area contributed by atoms with Crippen molar-refractivity contribution in [1.82, 2.24) is 56.0 Å². The summed E-state index contributed by atoms with van der Waals surface area (Å²) in [6.07, 6.45) is 7.32.